The lowest BCUT2D eigenvalue weighted by Gasteiger charge is -2.43. The van der Waals surface area contributed by atoms with Gasteiger partial charge in [-0.2, -0.15) is 0 Å². The maximum absolute atomic E-state index is 14.3. The number of hydrogen-bond donors (Lipinski definition) is 0. The maximum atomic E-state index is 14.3. The molecule has 0 saturated carbocycles. The lowest BCUT2D eigenvalue weighted by molar-refractivity contribution is -0.161. The molecular formula is C30H57NO8Si2. The molecule has 3 aliphatic heterocycles. The molecule has 3 aliphatic rings. The minimum absolute atomic E-state index is 0.0854. The minimum Gasteiger partial charge on any atom is -0.410 e. The zero-order valence-corrected chi connectivity index (χ0v) is 30.3. The molecular weight excluding hydrogens is 559 g/mol. The molecule has 0 aromatic rings. The van der Waals surface area contributed by atoms with Crippen LogP contribution in [0.25, 0.3) is 0 Å². The third-order valence-corrected chi connectivity index (χ3v) is 18.7. The molecule has 0 radical (unpaired) electrons. The third-order valence-electron chi connectivity index (χ3n) is 9.76. The molecule has 0 aromatic heterocycles. The Labute approximate surface area is 250 Å². The summed E-state index contributed by atoms with van der Waals surface area (Å²) in [6.07, 6.45) is -1.59. The van der Waals surface area contributed by atoms with Gasteiger partial charge in [-0.05, 0) is 70.4 Å². The van der Waals surface area contributed by atoms with Gasteiger partial charge in [0.1, 0.15) is 12.2 Å². The van der Waals surface area contributed by atoms with Gasteiger partial charge in [-0.15, -0.1) is 0 Å². The Bertz CT molecular complexity index is 984. The number of rotatable bonds is 8. The van der Waals surface area contributed by atoms with Crippen molar-refractivity contribution < 1.29 is 37.4 Å². The first-order valence-corrected chi connectivity index (χ1v) is 20.9. The van der Waals surface area contributed by atoms with Crippen molar-refractivity contribution in [2.45, 2.75) is 161 Å². The quantitative estimate of drug-likeness (QED) is 0.315. The van der Waals surface area contributed by atoms with Crippen molar-refractivity contribution in [1.29, 1.82) is 0 Å². The topological polar surface area (TPSA) is 92.8 Å². The van der Waals surface area contributed by atoms with Crippen molar-refractivity contribution in [3.8, 4) is 0 Å². The average molecular weight is 616 g/mol. The molecule has 2 amide bonds. The predicted octanol–water partition coefficient (Wildman–Crippen LogP) is 5.83. The molecule has 0 N–H and O–H groups in total. The molecule has 9 nitrogen and oxygen atoms in total. The van der Waals surface area contributed by atoms with Crippen LogP contribution in [0.2, 0.25) is 36.3 Å². The molecule has 3 saturated heterocycles. The summed E-state index contributed by atoms with van der Waals surface area (Å²) in [6, 6.07) is -0.525. The summed E-state index contributed by atoms with van der Waals surface area (Å²) in [6.45, 7) is 31.4. The fourth-order valence-corrected chi connectivity index (χ4v) is 8.05. The average Bonchev–Trinajstić information content (AvgIpc) is 3.42. The third kappa shape index (κ3) is 7.53. The zero-order chi connectivity index (χ0) is 31.6. The smallest absolute Gasteiger partial charge is 0.235 e. The second-order valence-corrected chi connectivity index (χ2v) is 25.6. The van der Waals surface area contributed by atoms with Crippen LogP contribution in [0.15, 0.2) is 0 Å². The van der Waals surface area contributed by atoms with Crippen LogP contribution in [0, 0.1) is 5.92 Å². The standard InChI is InChI=1S/C30H57NO8Si2/c1-19(32)31-21(25(23-18-35-30(10,11)37-23)39-41(14,15)28(5,6)7)16-20(26(31)33)24(22-17-34-29(8,9)36-22)38-40(12,13)27(2,3)4/h20-25H,16-18H2,1-15H3/t20-,21+,22+,23+,24-,25-/m1/s1. The van der Waals surface area contributed by atoms with Gasteiger partial charge in [-0.25, -0.2) is 0 Å². The largest absolute Gasteiger partial charge is 0.410 e. The number of amides is 2. The van der Waals surface area contributed by atoms with Crippen molar-refractivity contribution in [3.63, 3.8) is 0 Å². The van der Waals surface area contributed by atoms with E-state index in [0.29, 0.717) is 19.6 Å². The molecule has 238 valence electrons. The maximum Gasteiger partial charge on any atom is 0.235 e. The first-order valence-electron chi connectivity index (χ1n) is 15.1. The summed E-state index contributed by atoms with van der Waals surface area (Å²) in [4.78, 5) is 28.9. The zero-order valence-electron chi connectivity index (χ0n) is 28.3. The number of ether oxygens (including phenoxy) is 4. The molecule has 6 atom stereocenters. The van der Waals surface area contributed by atoms with Crippen molar-refractivity contribution in [2.24, 2.45) is 5.92 Å². The fraction of sp³-hybridized carbons (Fsp3) is 0.933. The van der Waals surface area contributed by atoms with Gasteiger partial charge < -0.3 is 27.8 Å². The SMILES string of the molecule is CC(=O)N1C(=O)[C@@H]([C@@H](O[Si](C)(C)C(C)(C)C)[C@@H]2COC(C)(C)O2)C[C@H]1[C@@H](O[Si](C)(C)C(C)(C)C)[C@@H]1COC(C)(C)O1. The summed E-state index contributed by atoms with van der Waals surface area (Å²) >= 11 is 0. The molecule has 3 rings (SSSR count). The molecule has 0 bridgehead atoms. The van der Waals surface area contributed by atoms with Gasteiger partial charge in [0.2, 0.25) is 11.8 Å². The minimum atomic E-state index is -2.35. The fourth-order valence-electron chi connectivity index (χ4n) is 5.36. The van der Waals surface area contributed by atoms with Gasteiger partial charge in [-0.3, -0.25) is 14.5 Å². The second-order valence-electron chi connectivity index (χ2n) is 16.1. The highest BCUT2D eigenvalue weighted by Crippen LogP contribution is 2.45. The Morgan fingerprint density at radius 1 is 0.829 bits per heavy atom. The van der Waals surface area contributed by atoms with Gasteiger partial charge in [0, 0.05) is 6.92 Å². The van der Waals surface area contributed by atoms with E-state index in [-0.39, 0.29) is 21.9 Å². The van der Waals surface area contributed by atoms with Crippen LogP contribution in [0.3, 0.4) is 0 Å². The van der Waals surface area contributed by atoms with E-state index >= 15 is 0 Å². The number of likely N-dealkylation sites (tertiary alicyclic amines) is 1. The Morgan fingerprint density at radius 2 is 1.22 bits per heavy atom. The molecule has 0 spiro atoms. The van der Waals surface area contributed by atoms with E-state index in [1.165, 1.54) is 11.8 Å². The van der Waals surface area contributed by atoms with E-state index in [4.69, 9.17) is 27.8 Å². The predicted molar refractivity (Wildman–Crippen MR) is 163 cm³/mol. The van der Waals surface area contributed by atoms with Gasteiger partial charge >= 0.3 is 0 Å². The number of carbonyl (C=O) groups excluding carboxylic acids is 2. The summed E-state index contributed by atoms with van der Waals surface area (Å²) in [7, 11) is -4.69. The lowest BCUT2D eigenvalue weighted by Crippen LogP contribution is -2.56. The number of nitrogens with zero attached hydrogens (tertiary/aromatic N) is 1. The summed E-state index contributed by atoms with van der Waals surface area (Å²) in [5.41, 5.74) is 0. The van der Waals surface area contributed by atoms with Crippen molar-refractivity contribution in [1.82, 2.24) is 4.90 Å². The molecule has 3 fully saturated rings. The monoisotopic (exact) mass is 615 g/mol. The first-order chi connectivity index (χ1) is 18.3. The molecule has 41 heavy (non-hydrogen) atoms. The van der Waals surface area contributed by atoms with Crippen molar-refractivity contribution in [2.75, 3.05) is 13.2 Å². The van der Waals surface area contributed by atoms with Crippen molar-refractivity contribution >= 4 is 28.4 Å². The van der Waals surface area contributed by atoms with Crippen LogP contribution < -0.4 is 0 Å². The highest BCUT2D eigenvalue weighted by molar-refractivity contribution is 6.74. The van der Waals surface area contributed by atoms with Gasteiger partial charge in [0.15, 0.2) is 28.2 Å². The Morgan fingerprint density at radius 3 is 1.56 bits per heavy atom. The van der Waals surface area contributed by atoms with E-state index in [9.17, 15) is 9.59 Å². The summed E-state index contributed by atoms with van der Waals surface area (Å²) < 4.78 is 38.6. The van der Waals surface area contributed by atoms with Gasteiger partial charge in [-0.1, -0.05) is 41.5 Å². The Kier molecular flexibility index (Phi) is 9.65. The number of hydrogen-bond acceptors (Lipinski definition) is 8. The number of imide groups is 1. The highest BCUT2D eigenvalue weighted by Gasteiger charge is 2.58. The van der Waals surface area contributed by atoms with E-state index in [1.807, 2.05) is 27.7 Å². The molecule has 0 unspecified atom stereocenters. The van der Waals surface area contributed by atoms with Crippen molar-refractivity contribution in [3.05, 3.63) is 0 Å². The normalized spacial score (nSPS) is 30.6. The Balaban J connectivity index is 2.06. The van der Waals surface area contributed by atoms with Crippen LogP contribution in [0.4, 0.5) is 0 Å². The van der Waals surface area contributed by atoms with Crippen LogP contribution in [-0.4, -0.2) is 88.6 Å². The van der Waals surface area contributed by atoms with Gasteiger partial charge in [0.25, 0.3) is 0 Å². The number of carbonyl (C=O) groups is 2. The summed E-state index contributed by atoms with van der Waals surface area (Å²) in [5.74, 6) is -2.71. The molecule has 11 heteroatoms. The van der Waals surface area contributed by atoms with Crippen LogP contribution in [0.1, 0.15) is 82.6 Å². The lowest BCUT2D eigenvalue weighted by atomic mass is 9.92. The van der Waals surface area contributed by atoms with Crippen LogP contribution in [0.5, 0.6) is 0 Å². The van der Waals surface area contributed by atoms with Crippen LogP contribution >= 0.6 is 0 Å². The first kappa shape index (κ1) is 34.8. The summed E-state index contributed by atoms with van der Waals surface area (Å²) in [5, 5.41) is -0.173. The molecule has 3 heterocycles. The van der Waals surface area contributed by atoms with Crippen LogP contribution in [-0.2, 0) is 37.4 Å². The van der Waals surface area contributed by atoms with E-state index in [2.05, 4.69) is 67.7 Å². The Hall–Kier alpha value is -0.666. The van der Waals surface area contributed by atoms with Gasteiger partial charge in [0.05, 0.1) is 37.4 Å². The van der Waals surface area contributed by atoms with E-state index < -0.39 is 64.6 Å². The second kappa shape index (κ2) is 11.4. The highest BCUT2D eigenvalue weighted by atomic mass is 28.4. The van der Waals surface area contributed by atoms with E-state index in [1.54, 1.807) is 0 Å². The van der Waals surface area contributed by atoms with E-state index in [0.717, 1.165) is 0 Å². The molecule has 0 aliphatic carbocycles. The molecule has 0 aromatic carbocycles.